The minimum absolute atomic E-state index is 0.730. The van der Waals surface area contributed by atoms with Gasteiger partial charge in [-0.15, -0.1) is 0 Å². The van der Waals surface area contributed by atoms with Gasteiger partial charge in [0.25, 0.3) is 0 Å². The predicted molar refractivity (Wildman–Crippen MR) is 43.8 cm³/mol. The van der Waals surface area contributed by atoms with Gasteiger partial charge < -0.3 is 0 Å². The maximum atomic E-state index is 3.32. The molecule has 0 saturated carbocycles. The number of hydrogen-bond acceptors (Lipinski definition) is 0. The minimum atomic E-state index is -0.730. The van der Waals surface area contributed by atoms with E-state index < -0.39 is 24.6 Å². The Morgan fingerprint density at radius 2 is 2.00 bits per heavy atom. The van der Waals surface area contributed by atoms with Gasteiger partial charge in [0.1, 0.15) is 0 Å². The van der Waals surface area contributed by atoms with Gasteiger partial charge in [-0.05, 0) is 0 Å². The number of rotatable bonds is 1. The molecular formula is C10H10Hg. The zero-order valence-electron chi connectivity index (χ0n) is 6.80. The fraction of sp³-hybridized carbons (Fsp3) is 0.200. The summed E-state index contributed by atoms with van der Waals surface area (Å²) in [6.07, 6.45) is 0. The summed E-state index contributed by atoms with van der Waals surface area (Å²) in [6, 6.07) is 10.2. The van der Waals surface area contributed by atoms with E-state index in [-0.39, 0.29) is 0 Å². The van der Waals surface area contributed by atoms with E-state index in [1.807, 2.05) is 18.2 Å². The average Bonchev–Trinajstić information content (AvgIpc) is 2.07. The van der Waals surface area contributed by atoms with Crippen molar-refractivity contribution in [2.45, 2.75) is 10.9 Å². The first-order valence-electron chi connectivity index (χ1n) is 3.97. The van der Waals surface area contributed by atoms with E-state index >= 15 is 0 Å². The maximum absolute atomic E-state index is 3.32. The number of benzene rings is 1. The van der Waals surface area contributed by atoms with Crippen LogP contribution in [0.1, 0.15) is 12.5 Å². The third kappa shape index (κ3) is 3.58. The van der Waals surface area contributed by atoms with E-state index in [1.54, 1.807) is 0 Å². The Morgan fingerprint density at radius 1 is 1.27 bits per heavy atom. The quantitative estimate of drug-likeness (QED) is 0.548. The van der Waals surface area contributed by atoms with Crippen LogP contribution in [-0.2, 0) is 24.6 Å². The summed E-state index contributed by atoms with van der Waals surface area (Å²) in [5, 5.41) is 0. The second kappa shape index (κ2) is 5.38. The van der Waals surface area contributed by atoms with Crippen molar-refractivity contribution >= 4 is 0 Å². The molecule has 0 fully saturated rings. The second-order valence-electron chi connectivity index (χ2n) is 2.42. The zero-order chi connectivity index (χ0) is 7.94. The molecule has 1 aromatic rings. The van der Waals surface area contributed by atoms with E-state index in [0.29, 0.717) is 0 Å². The zero-order valence-corrected chi connectivity index (χ0v) is 12.3. The Bertz CT molecular complexity index is 253. The Morgan fingerprint density at radius 3 is 2.64 bits per heavy atom. The first kappa shape index (κ1) is 8.81. The van der Waals surface area contributed by atoms with Gasteiger partial charge in [0.15, 0.2) is 0 Å². The fourth-order valence-corrected chi connectivity index (χ4v) is 3.06. The molecule has 0 unspecified atom stereocenters. The van der Waals surface area contributed by atoms with Crippen LogP contribution in [0.15, 0.2) is 30.3 Å². The van der Waals surface area contributed by atoms with Crippen molar-refractivity contribution in [1.82, 2.24) is 0 Å². The van der Waals surface area contributed by atoms with Crippen LogP contribution in [-0.4, -0.2) is 0 Å². The third-order valence-corrected chi connectivity index (χ3v) is 4.98. The molecule has 52 valence electrons. The van der Waals surface area contributed by atoms with E-state index in [0.717, 1.165) is 0 Å². The molecule has 0 nitrogen and oxygen atoms in total. The molecule has 0 heterocycles. The summed E-state index contributed by atoms with van der Waals surface area (Å²) in [6.45, 7) is 2.24. The van der Waals surface area contributed by atoms with Crippen LogP contribution in [0.4, 0.5) is 0 Å². The molecule has 0 amide bonds. The molecule has 0 aliphatic heterocycles. The van der Waals surface area contributed by atoms with E-state index in [4.69, 9.17) is 0 Å². The molecule has 0 aliphatic carbocycles. The molecule has 0 N–H and O–H groups in total. The summed E-state index contributed by atoms with van der Waals surface area (Å²) >= 11 is -0.730. The van der Waals surface area contributed by atoms with Crippen LogP contribution in [0, 0.1) is 9.35 Å². The molecule has 0 atom stereocenters. The average molecular weight is 331 g/mol. The van der Waals surface area contributed by atoms with Gasteiger partial charge >= 0.3 is 80.7 Å². The second-order valence-corrected chi connectivity index (χ2v) is 9.62. The predicted octanol–water partition coefficient (Wildman–Crippen LogP) is 2.52. The van der Waals surface area contributed by atoms with E-state index in [1.165, 1.54) is 9.49 Å². The molecule has 0 saturated heterocycles. The van der Waals surface area contributed by atoms with Gasteiger partial charge in [-0.25, -0.2) is 0 Å². The Kier molecular flexibility index (Phi) is 4.31. The molecular weight excluding hydrogens is 321 g/mol. The molecule has 0 spiro atoms. The van der Waals surface area contributed by atoms with Crippen LogP contribution in [0.5, 0.6) is 0 Å². The van der Waals surface area contributed by atoms with Crippen molar-refractivity contribution < 1.29 is 24.6 Å². The van der Waals surface area contributed by atoms with Crippen molar-refractivity contribution in [1.29, 1.82) is 0 Å². The molecule has 1 rings (SSSR count). The summed E-state index contributed by atoms with van der Waals surface area (Å²) < 4.78 is 4.68. The van der Waals surface area contributed by atoms with Crippen LogP contribution in [0.3, 0.4) is 0 Å². The van der Waals surface area contributed by atoms with Crippen LogP contribution in [0.2, 0.25) is 3.93 Å². The van der Waals surface area contributed by atoms with Gasteiger partial charge in [0.05, 0.1) is 0 Å². The fourth-order valence-electron chi connectivity index (χ4n) is 0.811. The van der Waals surface area contributed by atoms with Crippen molar-refractivity contribution in [3.63, 3.8) is 0 Å². The number of hydrogen-bond donors (Lipinski definition) is 0. The van der Waals surface area contributed by atoms with E-state index in [2.05, 4.69) is 28.4 Å². The van der Waals surface area contributed by atoms with Gasteiger partial charge in [-0.1, -0.05) is 0 Å². The molecule has 0 aromatic heterocycles. The summed E-state index contributed by atoms with van der Waals surface area (Å²) in [5.41, 5.74) is 1.17. The molecule has 0 radical (unpaired) electrons. The van der Waals surface area contributed by atoms with Gasteiger partial charge in [-0.3, -0.25) is 0 Å². The first-order chi connectivity index (χ1) is 5.43. The summed E-state index contributed by atoms with van der Waals surface area (Å²) in [5.74, 6) is 3.19. The third-order valence-electron chi connectivity index (χ3n) is 1.38. The van der Waals surface area contributed by atoms with Gasteiger partial charge in [0, 0.05) is 0 Å². The van der Waals surface area contributed by atoms with Crippen molar-refractivity contribution in [3.8, 4) is 9.35 Å². The summed E-state index contributed by atoms with van der Waals surface area (Å²) in [7, 11) is 0. The SMILES string of the molecule is C[CH2][Hg][C]#Cc1ccccc1. The summed E-state index contributed by atoms with van der Waals surface area (Å²) in [4.78, 5) is 0. The Labute approximate surface area is 80.4 Å². The molecule has 0 bridgehead atoms. The van der Waals surface area contributed by atoms with E-state index in [9.17, 15) is 0 Å². The van der Waals surface area contributed by atoms with Crippen LogP contribution < -0.4 is 0 Å². The van der Waals surface area contributed by atoms with Gasteiger partial charge in [-0.2, -0.15) is 0 Å². The topological polar surface area (TPSA) is 0 Å². The van der Waals surface area contributed by atoms with Crippen molar-refractivity contribution in [2.75, 3.05) is 0 Å². The Balaban J connectivity index is 2.59. The molecule has 0 aliphatic rings. The van der Waals surface area contributed by atoms with Crippen molar-refractivity contribution in [3.05, 3.63) is 35.9 Å². The molecule has 11 heavy (non-hydrogen) atoms. The standard InChI is InChI=1S/C8H5.C2H5.Hg/c1-2-8-6-4-3-5-7-8;1-2;/h3-7H;1H2,2H3;. The van der Waals surface area contributed by atoms with Crippen LogP contribution in [0.25, 0.3) is 0 Å². The Hall–Kier alpha value is -0.285. The monoisotopic (exact) mass is 332 g/mol. The van der Waals surface area contributed by atoms with Crippen molar-refractivity contribution in [2.24, 2.45) is 0 Å². The van der Waals surface area contributed by atoms with Gasteiger partial charge in [0.2, 0.25) is 0 Å². The van der Waals surface area contributed by atoms with Crippen LogP contribution >= 0.6 is 0 Å². The normalized spacial score (nSPS) is 7.73. The molecule has 1 heteroatoms. The first-order valence-corrected chi connectivity index (χ1v) is 10.6. The molecule has 1 aromatic carbocycles.